The Morgan fingerprint density at radius 3 is 2.50 bits per heavy atom. The quantitative estimate of drug-likeness (QED) is 0.227. The van der Waals surface area contributed by atoms with Gasteiger partial charge in [-0.25, -0.2) is 4.79 Å². The van der Waals surface area contributed by atoms with Crippen LogP contribution in [0.15, 0.2) is 30.5 Å². The zero-order chi connectivity index (χ0) is 23.5. The van der Waals surface area contributed by atoms with E-state index in [4.69, 9.17) is 11.5 Å². The molecular weight excluding hydrogens is 430 g/mol. The normalized spacial score (nSPS) is 14.0. The van der Waals surface area contributed by atoms with E-state index < -0.39 is 35.9 Å². The van der Waals surface area contributed by atoms with Gasteiger partial charge in [0.1, 0.15) is 12.1 Å². The second-order valence-electron chi connectivity index (χ2n) is 7.70. The number of carbonyl (C=O) groups is 3. The number of H-pyrrole nitrogens is 1. The van der Waals surface area contributed by atoms with E-state index in [1.54, 1.807) is 6.20 Å². The van der Waals surface area contributed by atoms with Crippen LogP contribution in [-0.2, 0) is 20.8 Å². The molecule has 2 rings (SSSR count). The van der Waals surface area contributed by atoms with Crippen LogP contribution in [0.5, 0.6) is 0 Å². The van der Waals surface area contributed by atoms with Crippen molar-refractivity contribution in [2.75, 3.05) is 18.6 Å². The number of carboxylic acid groups (broad SMARTS) is 1. The van der Waals surface area contributed by atoms with Crippen molar-refractivity contribution >= 4 is 40.4 Å². The van der Waals surface area contributed by atoms with Crippen LogP contribution in [0.3, 0.4) is 0 Å². The van der Waals surface area contributed by atoms with Crippen molar-refractivity contribution in [3.63, 3.8) is 0 Å². The second kappa shape index (κ2) is 13.1. The molecule has 0 aliphatic rings. The molecule has 0 aliphatic carbocycles. The third kappa shape index (κ3) is 7.54. The van der Waals surface area contributed by atoms with Gasteiger partial charge in [0, 0.05) is 23.5 Å². The number of benzene rings is 1. The van der Waals surface area contributed by atoms with Crippen molar-refractivity contribution in [1.82, 2.24) is 15.6 Å². The Kier molecular flexibility index (Phi) is 10.5. The van der Waals surface area contributed by atoms with Crippen LogP contribution >= 0.6 is 11.8 Å². The Hall–Kier alpha value is -2.56. The summed E-state index contributed by atoms with van der Waals surface area (Å²) in [6, 6.07) is 4.87. The van der Waals surface area contributed by atoms with Crippen molar-refractivity contribution in [3.8, 4) is 0 Å². The van der Waals surface area contributed by atoms with Crippen molar-refractivity contribution in [3.05, 3.63) is 36.0 Å². The van der Waals surface area contributed by atoms with E-state index in [-0.39, 0.29) is 12.8 Å². The Morgan fingerprint density at radius 1 is 1.09 bits per heavy atom. The van der Waals surface area contributed by atoms with Gasteiger partial charge in [0.05, 0.1) is 6.04 Å². The first-order valence-corrected chi connectivity index (χ1v) is 12.1. The molecule has 2 amide bonds. The molecule has 9 nitrogen and oxygen atoms in total. The summed E-state index contributed by atoms with van der Waals surface area (Å²) < 4.78 is 0. The number of rotatable bonds is 14. The lowest BCUT2D eigenvalue weighted by Gasteiger charge is -2.23. The van der Waals surface area contributed by atoms with E-state index in [1.807, 2.05) is 30.5 Å². The van der Waals surface area contributed by atoms with Gasteiger partial charge in [0.2, 0.25) is 11.8 Å². The Balaban J connectivity index is 2.18. The third-order valence-electron chi connectivity index (χ3n) is 5.26. The molecule has 0 radical (unpaired) electrons. The van der Waals surface area contributed by atoms with Gasteiger partial charge in [-0.05, 0) is 49.4 Å². The van der Waals surface area contributed by atoms with Crippen LogP contribution < -0.4 is 22.1 Å². The molecule has 3 atom stereocenters. The predicted octanol–water partition coefficient (Wildman–Crippen LogP) is 0.974. The topological polar surface area (TPSA) is 163 Å². The lowest BCUT2D eigenvalue weighted by Crippen LogP contribution is -2.55. The van der Waals surface area contributed by atoms with Crippen LogP contribution in [0.1, 0.15) is 31.2 Å². The number of thioether (sulfide) groups is 1. The van der Waals surface area contributed by atoms with Gasteiger partial charge < -0.3 is 32.2 Å². The largest absolute Gasteiger partial charge is 0.480 e. The molecular formula is C22H33N5O4S. The van der Waals surface area contributed by atoms with E-state index in [0.717, 1.165) is 22.9 Å². The molecule has 0 aliphatic heterocycles. The number of nitrogens with one attached hydrogen (secondary N) is 3. The van der Waals surface area contributed by atoms with Crippen molar-refractivity contribution in [1.29, 1.82) is 0 Å². The summed E-state index contributed by atoms with van der Waals surface area (Å²) in [5.74, 6) is -1.52. The first-order valence-electron chi connectivity index (χ1n) is 10.7. The van der Waals surface area contributed by atoms with E-state index in [9.17, 15) is 19.5 Å². The van der Waals surface area contributed by atoms with Crippen molar-refractivity contribution in [2.45, 2.75) is 50.2 Å². The molecule has 0 fully saturated rings. The number of nitrogens with two attached hydrogens (primary N) is 2. The SMILES string of the molecule is CSCCC(NC(=O)C(Cc1c[nH]c2ccccc12)NC(=O)C(N)CCCCN)C(=O)O. The maximum absolute atomic E-state index is 13.0. The number of aromatic nitrogens is 1. The summed E-state index contributed by atoms with van der Waals surface area (Å²) in [4.78, 5) is 40.4. The average Bonchev–Trinajstić information content (AvgIpc) is 3.18. The summed E-state index contributed by atoms with van der Waals surface area (Å²) >= 11 is 1.50. The lowest BCUT2D eigenvalue weighted by molar-refractivity contribution is -0.142. The smallest absolute Gasteiger partial charge is 0.326 e. The van der Waals surface area contributed by atoms with Gasteiger partial charge in [0.25, 0.3) is 0 Å². The second-order valence-corrected chi connectivity index (χ2v) is 8.68. The fraction of sp³-hybridized carbons (Fsp3) is 0.500. The molecule has 1 heterocycles. The molecule has 1 aromatic carbocycles. The zero-order valence-electron chi connectivity index (χ0n) is 18.3. The van der Waals surface area contributed by atoms with Crippen molar-refractivity contribution in [2.24, 2.45) is 11.5 Å². The zero-order valence-corrected chi connectivity index (χ0v) is 19.1. The number of hydrogen-bond acceptors (Lipinski definition) is 6. The highest BCUT2D eigenvalue weighted by Crippen LogP contribution is 2.19. The molecule has 0 bridgehead atoms. The fourth-order valence-electron chi connectivity index (χ4n) is 3.41. The van der Waals surface area contributed by atoms with Crippen LogP contribution in [-0.4, -0.2) is 64.6 Å². The van der Waals surface area contributed by atoms with Gasteiger partial charge in [0.15, 0.2) is 0 Å². The minimum absolute atomic E-state index is 0.200. The average molecular weight is 464 g/mol. The van der Waals surface area contributed by atoms with E-state index in [2.05, 4.69) is 15.6 Å². The summed E-state index contributed by atoms with van der Waals surface area (Å²) in [7, 11) is 0. The summed E-state index contributed by atoms with van der Waals surface area (Å²) in [5, 5.41) is 15.7. The first kappa shape index (κ1) is 25.7. The fourth-order valence-corrected chi connectivity index (χ4v) is 3.88. The molecule has 0 saturated carbocycles. The molecule has 3 unspecified atom stereocenters. The number of fused-ring (bicyclic) bond motifs is 1. The summed E-state index contributed by atoms with van der Waals surface area (Å²) in [6.45, 7) is 0.520. The van der Waals surface area contributed by atoms with Gasteiger partial charge in [-0.3, -0.25) is 9.59 Å². The predicted molar refractivity (Wildman–Crippen MR) is 127 cm³/mol. The van der Waals surface area contributed by atoms with Gasteiger partial charge in [-0.15, -0.1) is 0 Å². The van der Waals surface area contributed by atoms with Gasteiger partial charge in [-0.2, -0.15) is 11.8 Å². The van der Waals surface area contributed by atoms with E-state index in [0.29, 0.717) is 25.1 Å². The van der Waals surface area contributed by atoms with Gasteiger partial charge in [-0.1, -0.05) is 24.6 Å². The molecule has 32 heavy (non-hydrogen) atoms. The molecule has 10 heteroatoms. The lowest BCUT2D eigenvalue weighted by atomic mass is 10.0. The number of carbonyl (C=O) groups excluding carboxylic acids is 2. The monoisotopic (exact) mass is 463 g/mol. The highest BCUT2D eigenvalue weighted by Gasteiger charge is 2.28. The van der Waals surface area contributed by atoms with Crippen LogP contribution in [0.4, 0.5) is 0 Å². The number of amides is 2. The maximum Gasteiger partial charge on any atom is 0.326 e. The minimum atomic E-state index is -1.11. The molecule has 1 aromatic heterocycles. The first-order chi connectivity index (χ1) is 15.4. The third-order valence-corrected chi connectivity index (χ3v) is 5.91. The Morgan fingerprint density at radius 2 is 1.81 bits per heavy atom. The number of carboxylic acids is 1. The van der Waals surface area contributed by atoms with Crippen molar-refractivity contribution < 1.29 is 19.5 Å². The summed E-state index contributed by atoms with van der Waals surface area (Å²) in [5.41, 5.74) is 13.2. The molecule has 0 saturated heterocycles. The number of unbranched alkanes of at least 4 members (excludes halogenated alkanes) is 1. The van der Waals surface area contributed by atoms with Crippen LogP contribution in [0, 0.1) is 0 Å². The number of aromatic amines is 1. The van der Waals surface area contributed by atoms with E-state index in [1.165, 1.54) is 11.8 Å². The maximum atomic E-state index is 13.0. The molecule has 0 spiro atoms. The Labute approximate surface area is 192 Å². The van der Waals surface area contributed by atoms with Gasteiger partial charge >= 0.3 is 5.97 Å². The highest BCUT2D eigenvalue weighted by molar-refractivity contribution is 7.98. The minimum Gasteiger partial charge on any atom is -0.480 e. The molecule has 176 valence electrons. The number of hydrogen-bond donors (Lipinski definition) is 6. The molecule has 8 N–H and O–H groups in total. The van der Waals surface area contributed by atoms with Crippen LogP contribution in [0.25, 0.3) is 10.9 Å². The number of aliphatic carboxylic acids is 1. The Bertz CT molecular complexity index is 903. The highest BCUT2D eigenvalue weighted by atomic mass is 32.2. The number of para-hydroxylation sites is 1. The van der Waals surface area contributed by atoms with E-state index >= 15 is 0 Å². The summed E-state index contributed by atoms with van der Waals surface area (Å²) in [6.07, 6.45) is 6.07. The standard InChI is InChI=1S/C22H33N5O4S/c1-32-11-9-18(22(30)31)26-21(29)19(27-20(28)16(24)7-4-5-10-23)12-14-13-25-17-8-3-2-6-15(14)17/h2-3,6,8,13,16,18-19,25H,4-5,7,9-12,23-24H2,1H3,(H,26,29)(H,27,28)(H,30,31). The van der Waals surface area contributed by atoms with Crippen LogP contribution in [0.2, 0.25) is 0 Å². The molecule has 2 aromatic rings.